The molecule has 0 aromatic carbocycles. The lowest BCUT2D eigenvalue weighted by Gasteiger charge is -2.21. The summed E-state index contributed by atoms with van der Waals surface area (Å²) in [6.45, 7) is 6.44. The van der Waals surface area contributed by atoms with Crippen molar-refractivity contribution in [3.63, 3.8) is 0 Å². The fraction of sp³-hybridized carbons (Fsp3) is 0.700. The first-order chi connectivity index (χ1) is 5.65. The van der Waals surface area contributed by atoms with E-state index in [0.717, 1.165) is 18.6 Å². The van der Waals surface area contributed by atoms with Gasteiger partial charge in [0.25, 0.3) is 0 Å². The molecule has 12 heavy (non-hydrogen) atoms. The van der Waals surface area contributed by atoms with Gasteiger partial charge in [0.15, 0.2) is 0 Å². The zero-order valence-corrected chi connectivity index (χ0v) is 8.04. The highest BCUT2D eigenvalue weighted by Crippen LogP contribution is 2.25. The standard InChI is InChI=1S/C10H17NO/c1-7(2)9-5-4-8(3)6-10(9)11-12/h5,7-8,12H,4,6H2,1-3H3/b11-10+. The number of oxime groups is 1. The molecular formula is C10H17NO. The molecule has 0 aliphatic heterocycles. The Morgan fingerprint density at radius 2 is 2.25 bits per heavy atom. The maximum atomic E-state index is 8.78. The SMILES string of the molecule is CC1CC=C(C(C)C)/C(=N/O)C1. The molecule has 0 aromatic heterocycles. The van der Waals surface area contributed by atoms with Crippen LogP contribution in [0.3, 0.4) is 0 Å². The second-order valence-corrected chi connectivity index (χ2v) is 3.91. The predicted octanol–water partition coefficient (Wildman–Crippen LogP) is 2.83. The zero-order chi connectivity index (χ0) is 9.14. The summed E-state index contributed by atoms with van der Waals surface area (Å²) in [6.07, 6.45) is 4.24. The summed E-state index contributed by atoms with van der Waals surface area (Å²) in [6, 6.07) is 0. The van der Waals surface area contributed by atoms with E-state index in [2.05, 4.69) is 32.0 Å². The fourth-order valence-electron chi connectivity index (χ4n) is 1.64. The smallest absolute Gasteiger partial charge is 0.0829 e. The van der Waals surface area contributed by atoms with Crippen molar-refractivity contribution < 1.29 is 5.21 Å². The first kappa shape index (κ1) is 9.30. The summed E-state index contributed by atoms with van der Waals surface area (Å²) in [4.78, 5) is 0. The number of hydrogen-bond acceptors (Lipinski definition) is 2. The van der Waals surface area contributed by atoms with E-state index in [1.165, 1.54) is 5.57 Å². The molecule has 0 saturated heterocycles. The molecule has 0 aromatic rings. The molecule has 2 heteroatoms. The first-order valence-electron chi connectivity index (χ1n) is 4.56. The Kier molecular flexibility index (Phi) is 2.90. The molecule has 1 unspecified atom stereocenters. The summed E-state index contributed by atoms with van der Waals surface area (Å²) < 4.78 is 0. The van der Waals surface area contributed by atoms with Gasteiger partial charge in [-0.15, -0.1) is 0 Å². The minimum absolute atomic E-state index is 0.475. The van der Waals surface area contributed by atoms with Crippen LogP contribution in [0.2, 0.25) is 0 Å². The number of allylic oxidation sites excluding steroid dienone is 2. The second-order valence-electron chi connectivity index (χ2n) is 3.91. The Balaban J connectivity index is 2.84. The molecule has 1 aliphatic rings. The molecule has 1 atom stereocenters. The van der Waals surface area contributed by atoms with E-state index in [-0.39, 0.29) is 0 Å². The van der Waals surface area contributed by atoms with Crippen molar-refractivity contribution in [2.45, 2.75) is 33.6 Å². The van der Waals surface area contributed by atoms with Crippen molar-refractivity contribution in [1.29, 1.82) is 0 Å². The van der Waals surface area contributed by atoms with E-state index in [1.54, 1.807) is 0 Å². The van der Waals surface area contributed by atoms with Crippen molar-refractivity contribution in [3.05, 3.63) is 11.6 Å². The first-order valence-corrected chi connectivity index (χ1v) is 4.56. The average molecular weight is 167 g/mol. The molecule has 0 heterocycles. The Bertz CT molecular complexity index is 216. The van der Waals surface area contributed by atoms with E-state index in [4.69, 9.17) is 5.21 Å². The zero-order valence-electron chi connectivity index (χ0n) is 8.04. The van der Waals surface area contributed by atoms with Crippen LogP contribution in [0.1, 0.15) is 33.6 Å². The van der Waals surface area contributed by atoms with Crippen LogP contribution in [0.25, 0.3) is 0 Å². The maximum Gasteiger partial charge on any atom is 0.0829 e. The molecule has 2 nitrogen and oxygen atoms in total. The van der Waals surface area contributed by atoms with E-state index in [9.17, 15) is 0 Å². The molecule has 1 N–H and O–H groups in total. The lowest BCUT2D eigenvalue weighted by molar-refractivity contribution is 0.315. The van der Waals surface area contributed by atoms with Crippen LogP contribution >= 0.6 is 0 Å². The van der Waals surface area contributed by atoms with Gasteiger partial charge in [-0.3, -0.25) is 0 Å². The van der Waals surface area contributed by atoms with Gasteiger partial charge < -0.3 is 5.21 Å². The second kappa shape index (κ2) is 3.74. The predicted molar refractivity (Wildman–Crippen MR) is 50.5 cm³/mol. The maximum absolute atomic E-state index is 8.78. The van der Waals surface area contributed by atoms with Crippen molar-refractivity contribution >= 4 is 5.71 Å². The quantitative estimate of drug-likeness (QED) is 0.472. The Hall–Kier alpha value is -0.790. The molecule has 68 valence electrons. The van der Waals surface area contributed by atoms with Gasteiger partial charge in [-0.25, -0.2) is 0 Å². The van der Waals surface area contributed by atoms with E-state index < -0.39 is 0 Å². The highest BCUT2D eigenvalue weighted by atomic mass is 16.4. The number of hydrogen-bond donors (Lipinski definition) is 1. The van der Waals surface area contributed by atoms with Crippen molar-refractivity contribution in [1.82, 2.24) is 0 Å². The molecule has 0 spiro atoms. The van der Waals surface area contributed by atoms with Gasteiger partial charge in [-0.1, -0.05) is 32.0 Å². The molecule has 0 radical (unpaired) electrons. The van der Waals surface area contributed by atoms with Crippen molar-refractivity contribution in [3.8, 4) is 0 Å². The third-order valence-corrected chi connectivity index (χ3v) is 2.36. The highest BCUT2D eigenvalue weighted by molar-refractivity contribution is 6.00. The third-order valence-electron chi connectivity index (χ3n) is 2.36. The Morgan fingerprint density at radius 1 is 1.58 bits per heavy atom. The van der Waals surface area contributed by atoms with E-state index in [0.29, 0.717) is 11.8 Å². The molecule has 0 fully saturated rings. The van der Waals surface area contributed by atoms with Gasteiger partial charge in [0.05, 0.1) is 5.71 Å². The van der Waals surface area contributed by atoms with Crippen LogP contribution in [0.15, 0.2) is 16.8 Å². The van der Waals surface area contributed by atoms with Gasteiger partial charge in [0.2, 0.25) is 0 Å². The van der Waals surface area contributed by atoms with Crippen molar-refractivity contribution in [2.24, 2.45) is 17.0 Å². The van der Waals surface area contributed by atoms with Crippen LogP contribution in [0.4, 0.5) is 0 Å². The highest BCUT2D eigenvalue weighted by Gasteiger charge is 2.19. The summed E-state index contributed by atoms with van der Waals surface area (Å²) >= 11 is 0. The van der Waals surface area contributed by atoms with Crippen molar-refractivity contribution in [2.75, 3.05) is 0 Å². The van der Waals surface area contributed by atoms with Crippen LogP contribution < -0.4 is 0 Å². The lowest BCUT2D eigenvalue weighted by atomic mass is 9.84. The summed E-state index contributed by atoms with van der Waals surface area (Å²) in [5.41, 5.74) is 2.10. The van der Waals surface area contributed by atoms with Gasteiger partial charge >= 0.3 is 0 Å². The van der Waals surface area contributed by atoms with Crippen LogP contribution in [0.5, 0.6) is 0 Å². The van der Waals surface area contributed by atoms with Gasteiger partial charge in [-0.2, -0.15) is 0 Å². The van der Waals surface area contributed by atoms with Gasteiger partial charge in [0.1, 0.15) is 0 Å². The summed E-state index contributed by atoms with van der Waals surface area (Å²) in [5.74, 6) is 1.10. The van der Waals surface area contributed by atoms with Crippen LogP contribution in [-0.2, 0) is 0 Å². The topological polar surface area (TPSA) is 32.6 Å². The number of rotatable bonds is 1. The minimum Gasteiger partial charge on any atom is -0.411 e. The number of nitrogens with zero attached hydrogens (tertiary/aromatic N) is 1. The molecular weight excluding hydrogens is 150 g/mol. The molecule has 0 amide bonds. The van der Waals surface area contributed by atoms with E-state index in [1.807, 2.05) is 0 Å². The molecule has 0 bridgehead atoms. The Morgan fingerprint density at radius 3 is 2.75 bits per heavy atom. The van der Waals surface area contributed by atoms with Gasteiger partial charge in [0, 0.05) is 0 Å². The summed E-state index contributed by atoms with van der Waals surface area (Å²) in [7, 11) is 0. The van der Waals surface area contributed by atoms with E-state index >= 15 is 0 Å². The third kappa shape index (κ3) is 1.87. The summed E-state index contributed by atoms with van der Waals surface area (Å²) in [5, 5.41) is 12.1. The lowest BCUT2D eigenvalue weighted by Crippen LogP contribution is -2.17. The molecule has 0 saturated carbocycles. The Labute approximate surface area is 74.0 Å². The normalized spacial score (nSPS) is 27.8. The largest absolute Gasteiger partial charge is 0.411 e. The molecule has 1 aliphatic carbocycles. The average Bonchev–Trinajstić information content (AvgIpc) is 2.03. The van der Waals surface area contributed by atoms with Crippen LogP contribution in [-0.4, -0.2) is 10.9 Å². The minimum atomic E-state index is 0.475. The monoisotopic (exact) mass is 167 g/mol. The fourth-order valence-corrected chi connectivity index (χ4v) is 1.64. The molecule has 1 rings (SSSR count). The van der Waals surface area contributed by atoms with Gasteiger partial charge in [-0.05, 0) is 30.3 Å². The van der Waals surface area contributed by atoms with Crippen LogP contribution in [0, 0.1) is 11.8 Å².